The summed E-state index contributed by atoms with van der Waals surface area (Å²) in [6, 6.07) is 6.64. The van der Waals surface area contributed by atoms with Gasteiger partial charge in [0.2, 0.25) is 0 Å². The first-order valence-corrected chi connectivity index (χ1v) is 10.2. The molecule has 1 unspecified atom stereocenters. The van der Waals surface area contributed by atoms with E-state index in [0.717, 1.165) is 37.0 Å². The fourth-order valence-corrected chi connectivity index (χ4v) is 3.98. The lowest BCUT2D eigenvalue weighted by Crippen LogP contribution is -2.42. The third kappa shape index (κ3) is 4.15. The standard InChI is InChI=1S/C21H23ClN4O3/c1-2-9-26(21(28)24-16-4-3-5-18-14(16)8-10-29-18)12-19-23-17-11-13(22)6-7-15(17)20(27)25-19/h6-8,10-11,16H,2-5,9,12H2,1H3,(H,24,28)(H,23,25,27). The van der Waals surface area contributed by atoms with Crippen molar-refractivity contribution in [3.8, 4) is 0 Å². The van der Waals surface area contributed by atoms with Crippen LogP contribution >= 0.6 is 11.6 Å². The zero-order valence-corrected chi connectivity index (χ0v) is 17.0. The van der Waals surface area contributed by atoms with Crippen LogP contribution in [0.4, 0.5) is 4.79 Å². The highest BCUT2D eigenvalue weighted by Gasteiger charge is 2.26. The first kappa shape index (κ1) is 19.5. The normalized spacial score (nSPS) is 15.9. The highest BCUT2D eigenvalue weighted by Crippen LogP contribution is 2.30. The summed E-state index contributed by atoms with van der Waals surface area (Å²) in [6.07, 6.45) is 5.21. The largest absolute Gasteiger partial charge is 0.469 e. The number of hydrogen-bond donors (Lipinski definition) is 2. The van der Waals surface area contributed by atoms with E-state index in [0.29, 0.717) is 28.3 Å². The minimum absolute atomic E-state index is 0.0632. The summed E-state index contributed by atoms with van der Waals surface area (Å²) in [4.78, 5) is 34.3. The van der Waals surface area contributed by atoms with Gasteiger partial charge in [-0.1, -0.05) is 18.5 Å². The van der Waals surface area contributed by atoms with Crippen LogP contribution in [0.5, 0.6) is 0 Å². The smallest absolute Gasteiger partial charge is 0.318 e. The monoisotopic (exact) mass is 414 g/mol. The number of fused-ring (bicyclic) bond motifs is 2. The Labute approximate surface area is 173 Å². The van der Waals surface area contributed by atoms with Crippen LogP contribution in [-0.2, 0) is 13.0 Å². The van der Waals surface area contributed by atoms with Crippen molar-refractivity contribution < 1.29 is 9.21 Å². The Kier molecular flexibility index (Phi) is 5.58. The Morgan fingerprint density at radius 3 is 3.10 bits per heavy atom. The number of furan rings is 1. The Hall–Kier alpha value is -2.80. The highest BCUT2D eigenvalue weighted by atomic mass is 35.5. The Balaban J connectivity index is 1.54. The van der Waals surface area contributed by atoms with E-state index in [9.17, 15) is 9.59 Å². The number of hydrogen-bond acceptors (Lipinski definition) is 4. The van der Waals surface area contributed by atoms with E-state index in [2.05, 4.69) is 15.3 Å². The fourth-order valence-electron chi connectivity index (χ4n) is 3.82. The lowest BCUT2D eigenvalue weighted by atomic mass is 9.93. The summed E-state index contributed by atoms with van der Waals surface area (Å²) >= 11 is 6.04. The van der Waals surface area contributed by atoms with Gasteiger partial charge >= 0.3 is 6.03 Å². The van der Waals surface area contributed by atoms with Crippen molar-refractivity contribution in [1.29, 1.82) is 0 Å². The number of benzene rings is 1. The Bertz CT molecular complexity index is 1090. The number of amides is 2. The summed E-state index contributed by atoms with van der Waals surface area (Å²) in [7, 11) is 0. The molecule has 2 heterocycles. The van der Waals surface area contributed by atoms with Gasteiger partial charge in [0.05, 0.1) is 29.8 Å². The third-order valence-corrected chi connectivity index (χ3v) is 5.42. The van der Waals surface area contributed by atoms with Crippen molar-refractivity contribution in [3.63, 3.8) is 0 Å². The minimum Gasteiger partial charge on any atom is -0.469 e. The molecule has 1 aliphatic carbocycles. The predicted molar refractivity (Wildman–Crippen MR) is 111 cm³/mol. The molecular weight excluding hydrogens is 392 g/mol. The molecule has 0 radical (unpaired) electrons. The van der Waals surface area contributed by atoms with Gasteiger partial charge in [-0.05, 0) is 43.5 Å². The number of aromatic amines is 1. The van der Waals surface area contributed by atoms with Gasteiger partial charge < -0.3 is 19.6 Å². The maximum absolute atomic E-state index is 13.0. The van der Waals surface area contributed by atoms with Gasteiger partial charge in [-0.3, -0.25) is 4.79 Å². The maximum atomic E-state index is 13.0. The second kappa shape index (κ2) is 8.29. The van der Waals surface area contributed by atoms with Crippen LogP contribution in [0.1, 0.15) is 49.4 Å². The first-order chi connectivity index (χ1) is 14.0. The van der Waals surface area contributed by atoms with Crippen LogP contribution < -0.4 is 10.9 Å². The molecule has 0 spiro atoms. The van der Waals surface area contributed by atoms with Crippen LogP contribution in [0.15, 0.2) is 39.7 Å². The first-order valence-electron chi connectivity index (χ1n) is 9.85. The van der Waals surface area contributed by atoms with Crippen molar-refractivity contribution in [1.82, 2.24) is 20.2 Å². The molecule has 3 aromatic rings. The van der Waals surface area contributed by atoms with Gasteiger partial charge in [-0.15, -0.1) is 0 Å². The van der Waals surface area contributed by atoms with Gasteiger partial charge in [-0.2, -0.15) is 0 Å². The maximum Gasteiger partial charge on any atom is 0.318 e. The molecule has 4 rings (SSSR count). The SMILES string of the molecule is CCCN(Cc1nc2cc(Cl)ccc2c(=O)[nH]1)C(=O)NC1CCCc2occc21. The molecule has 8 heteroatoms. The Morgan fingerprint density at radius 2 is 2.28 bits per heavy atom. The molecule has 1 atom stereocenters. The Morgan fingerprint density at radius 1 is 1.41 bits per heavy atom. The number of urea groups is 1. The second-order valence-electron chi connectivity index (χ2n) is 7.29. The number of aromatic nitrogens is 2. The van der Waals surface area contributed by atoms with Crippen molar-refractivity contribution in [3.05, 3.63) is 63.1 Å². The van der Waals surface area contributed by atoms with Crippen molar-refractivity contribution in [2.45, 2.75) is 45.2 Å². The number of nitrogens with zero attached hydrogens (tertiary/aromatic N) is 2. The molecule has 2 N–H and O–H groups in total. The quantitative estimate of drug-likeness (QED) is 0.655. The highest BCUT2D eigenvalue weighted by molar-refractivity contribution is 6.31. The molecule has 0 saturated carbocycles. The minimum atomic E-state index is -0.242. The molecule has 2 amide bonds. The van der Waals surface area contributed by atoms with E-state index in [1.54, 1.807) is 29.4 Å². The van der Waals surface area contributed by atoms with Gasteiger partial charge in [0.25, 0.3) is 5.56 Å². The lowest BCUT2D eigenvalue weighted by molar-refractivity contribution is 0.188. The number of carbonyl (C=O) groups is 1. The van der Waals surface area contributed by atoms with Gasteiger partial charge in [-0.25, -0.2) is 9.78 Å². The van der Waals surface area contributed by atoms with Crippen molar-refractivity contribution in [2.24, 2.45) is 0 Å². The van der Waals surface area contributed by atoms with Crippen LogP contribution in [0, 0.1) is 0 Å². The zero-order chi connectivity index (χ0) is 20.4. The van der Waals surface area contributed by atoms with Crippen LogP contribution in [-0.4, -0.2) is 27.4 Å². The van der Waals surface area contributed by atoms with Gasteiger partial charge in [0.15, 0.2) is 0 Å². The van der Waals surface area contributed by atoms with Crippen molar-refractivity contribution >= 4 is 28.5 Å². The molecule has 7 nitrogen and oxygen atoms in total. The molecule has 0 aliphatic heterocycles. The van der Waals surface area contributed by atoms with E-state index >= 15 is 0 Å². The molecule has 0 saturated heterocycles. The topological polar surface area (TPSA) is 91.2 Å². The fraction of sp³-hybridized carbons (Fsp3) is 0.381. The molecule has 1 aliphatic rings. The molecular formula is C21H23ClN4O3. The molecule has 1 aromatic carbocycles. The number of aryl methyl sites for hydroxylation is 1. The van der Waals surface area contributed by atoms with Crippen LogP contribution in [0.3, 0.4) is 0 Å². The number of carbonyl (C=O) groups excluding carboxylic acids is 1. The van der Waals surface area contributed by atoms with Crippen molar-refractivity contribution in [2.75, 3.05) is 6.54 Å². The molecule has 0 bridgehead atoms. The van der Waals surface area contributed by atoms with E-state index < -0.39 is 0 Å². The summed E-state index contributed by atoms with van der Waals surface area (Å²) in [5.41, 5.74) is 1.32. The summed E-state index contributed by atoms with van der Waals surface area (Å²) < 4.78 is 5.51. The molecule has 2 aromatic heterocycles. The average Bonchev–Trinajstić information content (AvgIpc) is 3.17. The predicted octanol–water partition coefficient (Wildman–Crippen LogP) is 4.17. The second-order valence-corrected chi connectivity index (χ2v) is 7.73. The zero-order valence-electron chi connectivity index (χ0n) is 16.2. The van der Waals surface area contributed by atoms with E-state index in [-0.39, 0.29) is 24.2 Å². The van der Waals surface area contributed by atoms with Crippen LogP contribution in [0.2, 0.25) is 5.02 Å². The van der Waals surface area contributed by atoms with E-state index in [1.165, 1.54) is 0 Å². The number of nitrogens with one attached hydrogen (secondary N) is 2. The lowest BCUT2D eigenvalue weighted by Gasteiger charge is -2.28. The number of halogens is 1. The summed E-state index contributed by atoms with van der Waals surface area (Å²) in [5.74, 6) is 1.38. The van der Waals surface area contributed by atoms with Crippen LogP contribution in [0.25, 0.3) is 10.9 Å². The van der Waals surface area contributed by atoms with Gasteiger partial charge in [0, 0.05) is 23.6 Å². The molecule has 152 valence electrons. The summed E-state index contributed by atoms with van der Waals surface area (Å²) in [5, 5.41) is 4.10. The molecule has 0 fully saturated rings. The van der Waals surface area contributed by atoms with Gasteiger partial charge in [0.1, 0.15) is 11.6 Å². The van der Waals surface area contributed by atoms with E-state index in [4.69, 9.17) is 16.0 Å². The van der Waals surface area contributed by atoms with E-state index in [1.807, 2.05) is 13.0 Å². The average molecular weight is 415 g/mol. The number of rotatable bonds is 5. The third-order valence-electron chi connectivity index (χ3n) is 5.19. The number of H-pyrrole nitrogens is 1. The molecule has 29 heavy (non-hydrogen) atoms. The summed E-state index contributed by atoms with van der Waals surface area (Å²) in [6.45, 7) is 2.77.